The lowest BCUT2D eigenvalue weighted by Gasteiger charge is -2.32. The normalized spacial score (nSPS) is 23.6. The smallest absolute Gasteiger partial charge is 0.263 e. The Morgan fingerprint density at radius 2 is 2.00 bits per heavy atom. The van der Waals surface area contributed by atoms with Gasteiger partial charge in [-0.1, -0.05) is 31.2 Å². The summed E-state index contributed by atoms with van der Waals surface area (Å²) in [5.74, 6) is -3.09. The quantitative estimate of drug-likeness (QED) is 0.855. The standard InChI is InChI=1S/C14H19F2N/c1-2-11-5-3-4-6-12(11)9-13-7-8-17-10-14(13,15)16/h3-6,13,17H,2,7-10H2,1H3. The molecule has 0 bridgehead atoms. The number of rotatable bonds is 3. The van der Waals surface area contributed by atoms with Gasteiger partial charge in [0.15, 0.2) is 0 Å². The Bertz CT molecular complexity index is 376. The van der Waals surface area contributed by atoms with Gasteiger partial charge in [0.25, 0.3) is 5.92 Å². The minimum Gasteiger partial charge on any atom is -0.311 e. The van der Waals surface area contributed by atoms with Crippen LogP contribution in [0.1, 0.15) is 24.5 Å². The van der Waals surface area contributed by atoms with Crippen molar-refractivity contribution in [3.63, 3.8) is 0 Å². The molecule has 0 radical (unpaired) electrons. The molecule has 1 nitrogen and oxygen atoms in total. The molecule has 1 heterocycles. The van der Waals surface area contributed by atoms with Gasteiger partial charge in [0.2, 0.25) is 0 Å². The molecule has 2 rings (SSSR count). The van der Waals surface area contributed by atoms with E-state index in [4.69, 9.17) is 0 Å². The molecule has 0 aromatic heterocycles. The topological polar surface area (TPSA) is 12.0 Å². The average molecular weight is 239 g/mol. The van der Waals surface area contributed by atoms with E-state index in [1.807, 2.05) is 24.3 Å². The molecule has 1 aliphatic heterocycles. The van der Waals surface area contributed by atoms with Gasteiger partial charge in [0.05, 0.1) is 6.54 Å². The Balaban J connectivity index is 2.14. The fraction of sp³-hybridized carbons (Fsp3) is 0.571. The fourth-order valence-corrected chi connectivity index (χ4v) is 2.51. The first-order valence-electron chi connectivity index (χ1n) is 6.29. The highest BCUT2D eigenvalue weighted by atomic mass is 19.3. The second-order valence-corrected chi connectivity index (χ2v) is 4.75. The molecule has 1 fully saturated rings. The van der Waals surface area contributed by atoms with Crippen LogP contribution in [0.25, 0.3) is 0 Å². The molecule has 1 atom stereocenters. The maximum absolute atomic E-state index is 13.7. The van der Waals surface area contributed by atoms with Crippen molar-refractivity contribution in [1.29, 1.82) is 0 Å². The van der Waals surface area contributed by atoms with E-state index in [1.165, 1.54) is 5.56 Å². The lowest BCUT2D eigenvalue weighted by Crippen LogP contribution is -2.46. The van der Waals surface area contributed by atoms with E-state index >= 15 is 0 Å². The van der Waals surface area contributed by atoms with Crippen molar-refractivity contribution in [2.45, 2.75) is 32.1 Å². The summed E-state index contributed by atoms with van der Waals surface area (Å²) in [7, 11) is 0. The second-order valence-electron chi connectivity index (χ2n) is 4.75. The van der Waals surface area contributed by atoms with Crippen molar-refractivity contribution in [3.05, 3.63) is 35.4 Å². The zero-order valence-electron chi connectivity index (χ0n) is 10.2. The van der Waals surface area contributed by atoms with Crippen LogP contribution in [0, 0.1) is 5.92 Å². The van der Waals surface area contributed by atoms with Crippen molar-refractivity contribution in [3.8, 4) is 0 Å². The maximum atomic E-state index is 13.7. The zero-order valence-corrected chi connectivity index (χ0v) is 10.2. The van der Waals surface area contributed by atoms with Crippen molar-refractivity contribution in [2.75, 3.05) is 13.1 Å². The first-order chi connectivity index (χ1) is 8.13. The third-order valence-electron chi connectivity index (χ3n) is 3.59. The molecular formula is C14H19F2N. The van der Waals surface area contributed by atoms with E-state index < -0.39 is 11.8 Å². The van der Waals surface area contributed by atoms with Gasteiger partial charge < -0.3 is 5.32 Å². The van der Waals surface area contributed by atoms with Crippen LogP contribution in [-0.2, 0) is 12.8 Å². The van der Waals surface area contributed by atoms with Crippen molar-refractivity contribution in [1.82, 2.24) is 5.32 Å². The van der Waals surface area contributed by atoms with Gasteiger partial charge >= 0.3 is 0 Å². The predicted molar refractivity (Wildman–Crippen MR) is 65.4 cm³/mol. The van der Waals surface area contributed by atoms with Crippen LogP contribution in [0.15, 0.2) is 24.3 Å². The van der Waals surface area contributed by atoms with Crippen LogP contribution < -0.4 is 5.32 Å². The van der Waals surface area contributed by atoms with Crippen molar-refractivity contribution >= 4 is 0 Å². The van der Waals surface area contributed by atoms with Crippen LogP contribution in [0.2, 0.25) is 0 Å². The Morgan fingerprint density at radius 1 is 1.29 bits per heavy atom. The summed E-state index contributed by atoms with van der Waals surface area (Å²) in [6.45, 7) is 2.60. The van der Waals surface area contributed by atoms with Crippen LogP contribution in [0.5, 0.6) is 0 Å². The van der Waals surface area contributed by atoms with E-state index in [0.29, 0.717) is 19.4 Å². The van der Waals surface area contributed by atoms with E-state index in [-0.39, 0.29) is 6.54 Å². The summed E-state index contributed by atoms with van der Waals surface area (Å²) in [4.78, 5) is 0. The first kappa shape index (κ1) is 12.5. The van der Waals surface area contributed by atoms with Crippen LogP contribution >= 0.6 is 0 Å². The van der Waals surface area contributed by atoms with Gasteiger partial charge in [0, 0.05) is 5.92 Å². The Labute approximate surface area is 101 Å². The van der Waals surface area contributed by atoms with Gasteiger partial charge in [-0.2, -0.15) is 0 Å². The molecule has 1 N–H and O–H groups in total. The number of benzene rings is 1. The highest BCUT2D eigenvalue weighted by Crippen LogP contribution is 2.32. The molecule has 94 valence electrons. The molecule has 1 unspecified atom stereocenters. The van der Waals surface area contributed by atoms with Gasteiger partial charge in [-0.3, -0.25) is 0 Å². The third kappa shape index (κ3) is 2.83. The molecule has 1 aromatic rings. The molecule has 0 saturated carbocycles. The Hall–Kier alpha value is -0.960. The third-order valence-corrected chi connectivity index (χ3v) is 3.59. The summed E-state index contributed by atoms with van der Waals surface area (Å²) < 4.78 is 27.5. The lowest BCUT2D eigenvalue weighted by molar-refractivity contribution is -0.0728. The van der Waals surface area contributed by atoms with E-state index in [0.717, 1.165) is 12.0 Å². The molecule has 1 aliphatic rings. The number of piperidine rings is 1. The largest absolute Gasteiger partial charge is 0.311 e. The zero-order chi connectivity index (χ0) is 12.3. The number of alkyl halides is 2. The van der Waals surface area contributed by atoms with Gasteiger partial charge in [0.1, 0.15) is 0 Å². The molecule has 3 heteroatoms. The van der Waals surface area contributed by atoms with Crippen LogP contribution in [0.4, 0.5) is 8.78 Å². The SMILES string of the molecule is CCc1ccccc1CC1CCNCC1(F)F. The second kappa shape index (κ2) is 5.13. The highest BCUT2D eigenvalue weighted by Gasteiger charge is 2.41. The Morgan fingerprint density at radius 3 is 2.65 bits per heavy atom. The summed E-state index contributed by atoms with van der Waals surface area (Å²) in [5, 5.41) is 2.77. The first-order valence-corrected chi connectivity index (χ1v) is 6.29. The summed E-state index contributed by atoms with van der Waals surface area (Å²) in [6, 6.07) is 7.93. The maximum Gasteiger partial charge on any atom is 0.263 e. The minimum atomic E-state index is -2.57. The van der Waals surface area contributed by atoms with Gasteiger partial charge in [-0.05, 0) is 36.9 Å². The predicted octanol–water partition coefficient (Wildman–Crippen LogP) is 3.04. The van der Waals surface area contributed by atoms with E-state index in [9.17, 15) is 8.78 Å². The Kier molecular flexibility index (Phi) is 3.77. The molecule has 0 amide bonds. The number of halogens is 2. The number of nitrogens with one attached hydrogen (secondary N) is 1. The number of aryl methyl sites for hydroxylation is 1. The molecular weight excluding hydrogens is 220 g/mol. The molecule has 0 aliphatic carbocycles. The van der Waals surface area contributed by atoms with Crippen LogP contribution in [-0.4, -0.2) is 19.0 Å². The summed E-state index contributed by atoms with van der Waals surface area (Å²) >= 11 is 0. The molecule has 1 saturated heterocycles. The van der Waals surface area contributed by atoms with Crippen molar-refractivity contribution < 1.29 is 8.78 Å². The molecule has 1 aromatic carbocycles. The lowest BCUT2D eigenvalue weighted by atomic mass is 9.86. The molecule has 0 spiro atoms. The minimum absolute atomic E-state index is 0.175. The molecule has 17 heavy (non-hydrogen) atoms. The fourth-order valence-electron chi connectivity index (χ4n) is 2.51. The van der Waals surface area contributed by atoms with Gasteiger partial charge in [-0.25, -0.2) is 8.78 Å². The van der Waals surface area contributed by atoms with Crippen LogP contribution in [0.3, 0.4) is 0 Å². The summed E-state index contributed by atoms with van der Waals surface area (Å²) in [6.07, 6.45) is 1.97. The summed E-state index contributed by atoms with van der Waals surface area (Å²) in [5.41, 5.74) is 2.28. The average Bonchev–Trinajstić information content (AvgIpc) is 2.32. The number of hydrogen-bond donors (Lipinski definition) is 1. The highest BCUT2D eigenvalue weighted by molar-refractivity contribution is 5.27. The van der Waals surface area contributed by atoms with Crippen molar-refractivity contribution in [2.24, 2.45) is 5.92 Å². The van der Waals surface area contributed by atoms with E-state index in [1.54, 1.807) is 0 Å². The number of hydrogen-bond acceptors (Lipinski definition) is 1. The van der Waals surface area contributed by atoms with E-state index in [2.05, 4.69) is 12.2 Å². The van der Waals surface area contributed by atoms with Gasteiger partial charge in [-0.15, -0.1) is 0 Å². The monoisotopic (exact) mass is 239 g/mol.